The number of carbonyl (C=O) groups excluding carboxylic acids is 1. The van der Waals surface area contributed by atoms with Crippen molar-refractivity contribution in [1.82, 2.24) is 10.9 Å². The molecular weight excluding hydrogens is 124 g/mol. The monoisotopic (exact) mass is 134 g/mol. The van der Waals surface area contributed by atoms with E-state index >= 15 is 0 Å². The van der Waals surface area contributed by atoms with E-state index in [9.17, 15) is 4.79 Å². The topological polar surface area (TPSA) is 41.1 Å². The highest BCUT2D eigenvalue weighted by atomic mass is 32.1. The molecule has 1 amide bonds. The number of amides is 1. The van der Waals surface area contributed by atoms with E-state index in [1.54, 1.807) is 0 Å². The minimum Gasteiger partial charge on any atom is -0.292 e. The zero-order valence-corrected chi connectivity index (χ0v) is 5.66. The van der Waals surface area contributed by atoms with Crippen molar-refractivity contribution in [1.29, 1.82) is 0 Å². The van der Waals surface area contributed by atoms with Gasteiger partial charge in [0.15, 0.2) is 0 Å². The third kappa shape index (κ3) is 5.78. The molecule has 0 radical (unpaired) electrons. The number of carbonyl (C=O) groups is 1. The predicted octanol–water partition coefficient (Wildman–Crippen LogP) is -0.443. The molecule has 0 aliphatic rings. The lowest BCUT2D eigenvalue weighted by atomic mass is 10.7. The van der Waals surface area contributed by atoms with Gasteiger partial charge >= 0.3 is 0 Å². The highest BCUT2D eigenvalue weighted by Gasteiger charge is 1.84. The van der Waals surface area contributed by atoms with Crippen molar-refractivity contribution in [3.63, 3.8) is 0 Å². The Labute approximate surface area is 54.2 Å². The van der Waals surface area contributed by atoms with E-state index in [-0.39, 0.29) is 5.91 Å². The van der Waals surface area contributed by atoms with Crippen molar-refractivity contribution < 1.29 is 4.79 Å². The zero-order chi connectivity index (χ0) is 6.41. The van der Waals surface area contributed by atoms with Crippen molar-refractivity contribution in [2.45, 2.75) is 6.92 Å². The maximum atomic E-state index is 10.1. The highest BCUT2D eigenvalue weighted by Crippen LogP contribution is 1.64. The van der Waals surface area contributed by atoms with Crippen LogP contribution in [0.1, 0.15) is 6.92 Å². The van der Waals surface area contributed by atoms with Crippen LogP contribution >= 0.6 is 12.6 Å². The largest absolute Gasteiger partial charge is 0.292 e. The molecule has 0 unspecified atom stereocenters. The number of thiol groups is 1. The molecule has 0 atom stereocenters. The Morgan fingerprint density at radius 3 is 2.75 bits per heavy atom. The van der Waals surface area contributed by atoms with Gasteiger partial charge in [0.05, 0.1) is 0 Å². The number of hydrazine groups is 1. The van der Waals surface area contributed by atoms with E-state index in [1.165, 1.54) is 6.92 Å². The van der Waals surface area contributed by atoms with Crippen LogP contribution in [0, 0.1) is 0 Å². The van der Waals surface area contributed by atoms with Crippen LogP contribution in [0.3, 0.4) is 0 Å². The third-order valence-electron chi connectivity index (χ3n) is 0.501. The first-order chi connectivity index (χ1) is 3.77. The molecule has 0 fully saturated rings. The minimum atomic E-state index is -0.0771. The number of hydrogen-bond donors (Lipinski definition) is 3. The maximum absolute atomic E-state index is 10.1. The first kappa shape index (κ1) is 7.78. The molecule has 0 saturated heterocycles. The Morgan fingerprint density at radius 1 is 1.75 bits per heavy atom. The fourth-order valence-electron chi connectivity index (χ4n) is 0.243. The van der Waals surface area contributed by atoms with E-state index in [0.717, 1.165) is 5.75 Å². The fraction of sp³-hybridized carbons (Fsp3) is 0.750. The number of hydrogen-bond acceptors (Lipinski definition) is 3. The van der Waals surface area contributed by atoms with Gasteiger partial charge < -0.3 is 0 Å². The summed E-state index contributed by atoms with van der Waals surface area (Å²) in [5, 5.41) is 0. The summed E-state index contributed by atoms with van der Waals surface area (Å²) in [6, 6.07) is 0. The van der Waals surface area contributed by atoms with Gasteiger partial charge in [0.2, 0.25) is 5.91 Å². The summed E-state index contributed by atoms with van der Waals surface area (Å²) >= 11 is 3.91. The molecule has 48 valence electrons. The Kier molecular flexibility index (Phi) is 4.79. The lowest BCUT2D eigenvalue weighted by Gasteiger charge is -1.99. The van der Waals surface area contributed by atoms with Crippen molar-refractivity contribution in [3.05, 3.63) is 0 Å². The van der Waals surface area contributed by atoms with Gasteiger partial charge in [-0.3, -0.25) is 10.2 Å². The second kappa shape index (κ2) is 4.93. The number of nitrogens with one attached hydrogen (secondary N) is 2. The molecule has 4 heteroatoms. The van der Waals surface area contributed by atoms with Gasteiger partial charge in [-0.05, 0) is 0 Å². The van der Waals surface area contributed by atoms with Gasteiger partial charge in [-0.2, -0.15) is 12.6 Å². The lowest BCUT2D eigenvalue weighted by Crippen LogP contribution is -2.36. The van der Waals surface area contributed by atoms with E-state index in [4.69, 9.17) is 0 Å². The van der Waals surface area contributed by atoms with Crippen molar-refractivity contribution in [3.8, 4) is 0 Å². The standard InChI is InChI=1S/C4H10N2OS/c1-4(7)6-5-2-3-8/h5,8H,2-3H2,1H3,(H,6,7). The molecule has 8 heavy (non-hydrogen) atoms. The number of rotatable bonds is 3. The molecule has 0 spiro atoms. The maximum Gasteiger partial charge on any atom is 0.230 e. The van der Waals surface area contributed by atoms with E-state index < -0.39 is 0 Å². The SMILES string of the molecule is CC(=O)NNCCS. The second-order valence-electron chi connectivity index (χ2n) is 1.33. The van der Waals surface area contributed by atoms with Gasteiger partial charge in [-0.1, -0.05) is 0 Å². The molecule has 0 aromatic rings. The molecular formula is C4H10N2OS. The quantitative estimate of drug-likeness (QED) is 0.278. The van der Waals surface area contributed by atoms with Crippen LogP contribution in [0.5, 0.6) is 0 Å². The van der Waals surface area contributed by atoms with Crippen molar-refractivity contribution in [2.24, 2.45) is 0 Å². The van der Waals surface area contributed by atoms with Gasteiger partial charge in [-0.25, -0.2) is 5.43 Å². The summed E-state index contributed by atoms with van der Waals surface area (Å²) in [5.41, 5.74) is 5.07. The summed E-state index contributed by atoms with van der Waals surface area (Å²) < 4.78 is 0. The van der Waals surface area contributed by atoms with Crippen molar-refractivity contribution in [2.75, 3.05) is 12.3 Å². The first-order valence-electron chi connectivity index (χ1n) is 2.37. The Hall–Kier alpha value is -0.220. The summed E-state index contributed by atoms with van der Waals surface area (Å²) in [4.78, 5) is 10.1. The smallest absolute Gasteiger partial charge is 0.230 e. The van der Waals surface area contributed by atoms with Crippen LogP contribution < -0.4 is 10.9 Å². The minimum absolute atomic E-state index is 0.0771. The molecule has 0 aromatic carbocycles. The van der Waals surface area contributed by atoms with Crippen LogP contribution in [0.2, 0.25) is 0 Å². The van der Waals surface area contributed by atoms with Crippen LogP contribution in [0.25, 0.3) is 0 Å². The molecule has 0 aromatic heterocycles. The van der Waals surface area contributed by atoms with E-state index in [2.05, 4.69) is 23.5 Å². The Bertz CT molecular complexity index is 76.4. The highest BCUT2D eigenvalue weighted by molar-refractivity contribution is 7.80. The normalized spacial score (nSPS) is 8.75. The average Bonchev–Trinajstić information content (AvgIpc) is 1.66. The second-order valence-corrected chi connectivity index (χ2v) is 1.78. The zero-order valence-electron chi connectivity index (χ0n) is 4.77. The van der Waals surface area contributed by atoms with Gasteiger partial charge in [0.1, 0.15) is 0 Å². The summed E-state index contributed by atoms with van der Waals surface area (Å²) in [6.45, 7) is 2.15. The van der Waals surface area contributed by atoms with E-state index in [0.29, 0.717) is 6.54 Å². The average molecular weight is 134 g/mol. The molecule has 0 aliphatic heterocycles. The van der Waals surface area contributed by atoms with Gasteiger partial charge in [0, 0.05) is 19.2 Å². The van der Waals surface area contributed by atoms with Crippen LogP contribution in [0.4, 0.5) is 0 Å². The summed E-state index contributed by atoms with van der Waals surface area (Å²) in [7, 11) is 0. The molecule has 0 saturated carbocycles. The molecule has 0 aliphatic carbocycles. The van der Waals surface area contributed by atoms with Crippen LogP contribution in [-0.4, -0.2) is 18.2 Å². The lowest BCUT2D eigenvalue weighted by molar-refractivity contribution is -0.119. The van der Waals surface area contributed by atoms with Gasteiger partial charge in [-0.15, -0.1) is 0 Å². The molecule has 0 heterocycles. The third-order valence-corrected chi connectivity index (χ3v) is 0.725. The molecule has 0 bridgehead atoms. The molecule has 2 N–H and O–H groups in total. The van der Waals surface area contributed by atoms with Crippen LogP contribution in [0.15, 0.2) is 0 Å². The summed E-state index contributed by atoms with van der Waals surface area (Å²) in [5.74, 6) is 0.645. The Morgan fingerprint density at radius 2 is 2.38 bits per heavy atom. The predicted molar refractivity (Wildman–Crippen MR) is 35.7 cm³/mol. The Balaban J connectivity index is 2.82. The molecule has 0 rings (SSSR count). The summed E-state index contributed by atoms with van der Waals surface area (Å²) in [6.07, 6.45) is 0. The fourth-order valence-corrected chi connectivity index (χ4v) is 0.355. The van der Waals surface area contributed by atoms with E-state index in [1.807, 2.05) is 0 Å². The van der Waals surface area contributed by atoms with Crippen LogP contribution in [-0.2, 0) is 4.79 Å². The molecule has 3 nitrogen and oxygen atoms in total. The van der Waals surface area contributed by atoms with Gasteiger partial charge in [0.25, 0.3) is 0 Å². The first-order valence-corrected chi connectivity index (χ1v) is 3.01. The van der Waals surface area contributed by atoms with Crippen molar-refractivity contribution >= 4 is 18.5 Å².